The van der Waals surface area contributed by atoms with E-state index in [1.807, 2.05) is 32.0 Å². The third-order valence-corrected chi connectivity index (χ3v) is 4.00. The molecule has 0 spiro atoms. The predicted octanol–water partition coefficient (Wildman–Crippen LogP) is 1.86. The van der Waals surface area contributed by atoms with Crippen molar-refractivity contribution in [3.8, 4) is 0 Å². The van der Waals surface area contributed by atoms with E-state index >= 15 is 0 Å². The number of nitrogens with zero attached hydrogens (tertiary/aromatic N) is 5. The Kier molecular flexibility index (Phi) is 3.72. The largest absolute Gasteiger partial charge is 0.339 e. The number of carbonyl (C=O) groups is 1. The van der Waals surface area contributed by atoms with Gasteiger partial charge in [-0.25, -0.2) is 0 Å². The van der Waals surface area contributed by atoms with Crippen molar-refractivity contribution in [3.63, 3.8) is 0 Å². The third-order valence-electron chi connectivity index (χ3n) is 4.00. The summed E-state index contributed by atoms with van der Waals surface area (Å²) in [5.41, 5.74) is 1.55. The van der Waals surface area contributed by atoms with E-state index in [1.165, 1.54) is 0 Å². The maximum Gasteiger partial charge on any atom is 0.257 e. The minimum atomic E-state index is 0.0375. The zero-order chi connectivity index (χ0) is 15.9. The third kappa shape index (κ3) is 2.63. The first-order chi connectivity index (χ1) is 10.5. The van der Waals surface area contributed by atoms with E-state index in [0.29, 0.717) is 30.4 Å². The van der Waals surface area contributed by atoms with Crippen LogP contribution in [0.15, 0.2) is 10.7 Å². The molecular weight excluding hydrogens is 282 g/mol. The number of hydrogen-bond donors (Lipinski definition) is 0. The van der Waals surface area contributed by atoms with E-state index in [9.17, 15) is 4.79 Å². The van der Waals surface area contributed by atoms with Gasteiger partial charge in [0.15, 0.2) is 5.82 Å². The van der Waals surface area contributed by atoms with Crippen LogP contribution in [0.4, 0.5) is 0 Å². The van der Waals surface area contributed by atoms with Crippen molar-refractivity contribution < 1.29 is 9.32 Å². The zero-order valence-electron chi connectivity index (χ0n) is 13.4. The van der Waals surface area contributed by atoms with Crippen LogP contribution in [0.3, 0.4) is 0 Å². The lowest BCUT2D eigenvalue weighted by atomic mass is 10.1. The van der Waals surface area contributed by atoms with Crippen LogP contribution in [0, 0.1) is 6.92 Å². The van der Waals surface area contributed by atoms with Crippen molar-refractivity contribution in [2.45, 2.75) is 39.0 Å². The molecule has 3 heterocycles. The molecule has 0 N–H and O–H groups in total. The Balaban J connectivity index is 1.77. The summed E-state index contributed by atoms with van der Waals surface area (Å²) in [5, 5.41) is 8.24. The first-order valence-corrected chi connectivity index (χ1v) is 7.58. The standard InChI is InChI=1S/C15H21N5O2/c1-9(2)13-12(8-19(4)17-13)15(21)20-6-5-11(7-20)14-16-10(3)18-22-14/h8-9,11H,5-7H2,1-4H3/t11-/m0/s1. The van der Waals surface area contributed by atoms with Crippen molar-refractivity contribution >= 4 is 5.91 Å². The first-order valence-electron chi connectivity index (χ1n) is 7.58. The Morgan fingerprint density at radius 3 is 2.86 bits per heavy atom. The zero-order valence-corrected chi connectivity index (χ0v) is 13.4. The van der Waals surface area contributed by atoms with Gasteiger partial charge in [-0.15, -0.1) is 0 Å². The quantitative estimate of drug-likeness (QED) is 0.865. The number of amides is 1. The second-order valence-corrected chi connectivity index (χ2v) is 6.17. The molecule has 2 aromatic heterocycles. The number of carbonyl (C=O) groups excluding carboxylic acids is 1. The molecule has 1 amide bonds. The molecule has 1 atom stereocenters. The minimum absolute atomic E-state index is 0.0375. The second-order valence-electron chi connectivity index (χ2n) is 6.17. The normalized spacial score (nSPS) is 18.4. The van der Waals surface area contributed by atoms with Gasteiger partial charge in [0.25, 0.3) is 5.91 Å². The summed E-state index contributed by atoms with van der Waals surface area (Å²) in [5.74, 6) is 1.65. The van der Waals surface area contributed by atoms with Crippen molar-refractivity contribution in [1.29, 1.82) is 0 Å². The number of hydrogen-bond acceptors (Lipinski definition) is 5. The number of likely N-dealkylation sites (tertiary alicyclic amines) is 1. The minimum Gasteiger partial charge on any atom is -0.339 e. The van der Waals surface area contributed by atoms with Gasteiger partial charge in [-0.2, -0.15) is 10.1 Å². The van der Waals surface area contributed by atoms with Gasteiger partial charge >= 0.3 is 0 Å². The van der Waals surface area contributed by atoms with Crippen molar-refractivity contribution in [2.75, 3.05) is 13.1 Å². The van der Waals surface area contributed by atoms with E-state index in [2.05, 4.69) is 15.2 Å². The van der Waals surface area contributed by atoms with Crippen LogP contribution in [-0.4, -0.2) is 43.8 Å². The van der Waals surface area contributed by atoms with Crippen LogP contribution in [0.5, 0.6) is 0 Å². The lowest BCUT2D eigenvalue weighted by molar-refractivity contribution is 0.0788. The maximum absolute atomic E-state index is 12.8. The van der Waals surface area contributed by atoms with Gasteiger partial charge in [-0.05, 0) is 19.3 Å². The average Bonchev–Trinajstić information content (AvgIpc) is 3.16. The highest BCUT2D eigenvalue weighted by atomic mass is 16.5. The van der Waals surface area contributed by atoms with Gasteiger partial charge in [0.1, 0.15) is 0 Å². The Hall–Kier alpha value is -2.18. The van der Waals surface area contributed by atoms with Crippen molar-refractivity contribution in [3.05, 3.63) is 29.2 Å². The lowest BCUT2D eigenvalue weighted by Crippen LogP contribution is -2.29. The van der Waals surface area contributed by atoms with Crippen LogP contribution >= 0.6 is 0 Å². The highest BCUT2D eigenvalue weighted by molar-refractivity contribution is 5.95. The van der Waals surface area contributed by atoms with E-state index < -0.39 is 0 Å². The molecule has 0 saturated carbocycles. The van der Waals surface area contributed by atoms with E-state index in [0.717, 1.165) is 12.1 Å². The molecule has 1 aliphatic rings. The molecule has 0 radical (unpaired) electrons. The van der Waals surface area contributed by atoms with E-state index in [4.69, 9.17) is 4.52 Å². The molecule has 1 fully saturated rings. The molecule has 1 saturated heterocycles. The van der Waals surface area contributed by atoms with Gasteiger partial charge in [-0.1, -0.05) is 19.0 Å². The highest BCUT2D eigenvalue weighted by Crippen LogP contribution is 2.28. The summed E-state index contributed by atoms with van der Waals surface area (Å²) in [4.78, 5) is 18.9. The monoisotopic (exact) mass is 303 g/mol. The fourth-order valence-electron chi connectivity index (χ4n) is 2.89. The molecule has 118 valence electrons. The predicted molar refractivity (Wildman–Crippen MR) is 79.6 cm³/mol. The fourth-order valence-corrected chi connectivity index (χ4v) is 2.89. The molecule has 7 nitrogen and oxygen atoms in total. The summed E-state index contributed by atoms with van der Waals surface area (Å²) < 4.78 is 6.94. The Labute approximate surface area is 129 Å². The van der Waals surface area contributed by atoms with Crippen molar-refractivity contribution in [1.82, 2.24) is 24.8 Å². The molecule has 0 bridgehead atoms. The maximum atomic E-state index is 12.8. The smallest absolute Gasteiger partial charge is 0.257 e. The SMILES string of the molecule is Cc1noc([C@H]2CCN(C(=O)c3cn(C)nc3C(C)C)C2)n1. The van der Waals surface area contributed by atoms with Gasteiger partial charge in [-0.3, -0.25) is 9.48 Å². The molecule has 0 aromatic carbocycles. The summed E-state index contributed by atoms with van der Waals surface area (Å²) >= 11 is 0. The average molecular weight is 303 g/mol. The summed E-state index contributed by atoms with van der Waals surface area (Å²) in [6.07, 6.45) is 2.66. The Morgan fingerprint density at radius 1 is 1.45 bits per heavy atom. The Morgan fingerprint density at radius 2 is 2.23 bits per heavy atom. The van der Waals surface area contributed by atoms with Gasteiger partial charge in [0, 0.05) is 26.3 Å². The number of aryl methyl sites for hydroxylation is 2. The molecule has 0 aliphatic carbocycles. The highest BCUT2D eigenvalue weighted by Gasteiger charge is 2.33. The summed E-state index contributed by atoms with van der Waals surface area (Å²) in [6.45, 7) is 7.22. The molecule has 1 aliphatic heterocycles. The second kappa shape index (κ2) is 5.55. The molecule has 7 heteroatoms. The van der Waals surface area contributed by atoms with Gasteiger partial charge in [0.05, 0.1) is 17.2 Å². The van der Waals surface area contributed by atoms with E-state index in [-0.39, 0.29) is 17.7 Å². The lowest BCUT2D eigenvalue weighted by Gasteiger charge is -2.16. The Bertz CT molecular complexity index is 688. The number of aromatic nitrogens is 4. The topological polar surface area (TPSA) is 77.0 Å². The van der Waals surface area contributed by atoms with Crippen molar-refractivity contribution in [2.24, 2.45) is 7.05 Å². The molecule has 22 heavy (non-hydrogen) atoms. The molecule has 2 aromatic rings. The number of rotatable bonds is 3. The summed E-state index contributed by atoms with van der Waals surface area (Å²) in [7, 11) is 1.84. The summed E-state index contributed by atoms with van der Waals surface area (Å²) in [6, 6.07) is 0. The molecular formula is C15H21N5O2. The van der Waals surface area contributed by atoms with E-state index in [1.54, 1.807) is 11.6 Å². The van der Waals surface area contributed by atoms with Crippen LogP contribution < -0.4 is 0 Å². The molecule has 0 unspecified atom stereocenters. The van der Waals surface area contributed by atoms with Crippen LogP contribution in [0.1, 0.15) is 59.9 Å². The van der Waals surface area contributed by atoms with Gasteiger partial charge in [0.2, 0.25) is 5.89 Å². The van der Waals surface area contributed by atoms with Crippen LogP contribution in [0.2, 0.25) is 0 Å². The first kappa shape index (κ1) is 14.7. The molecule has 3 rings (SSSR count). The van der Waals surface area contributed by atoms with Gasteiger partial charge < -0.3 is 9.42 Å². The fraction of sp³-hybridized carbons (Fsp3) is 0.600. The van der Waals surface area contributed by atoms with Crippen LogP contribution in [0.25, 0.3) is 0 Å². The van der Waals surface area contributed by atoms with Crippen LogP contribution in [-0.2, 0) is 7.05 Å².